The topological polar surface area (TPSA) is 42.7 Å². The van der Waals surface area contributed by atoms with E-state index >= 15 is 0 Å². The lowest BCUT2D eigenvalue weighted by atomic mass is 9.94. The molecule has 1 heterocycles. The van der Waals surface area contributed by atoms with Gasteiger partial charge in [-0.15, -0.1) is 10.2 Å². The van der Waals surface area contributed by atoms with E-state index in [0.717, 1.165) is 30.7 Å². The first-order chi connectivity index (χ1) is 10.8. The molecule has 2 atom stereocenters. The minimum atomic E-state index is 0.600. The van der Waals surface area contributed by atoms with E-state index in [2.05, 4.69) is 57.3 Å². The van der Waals surface area contributed by atoms with Crippen LogP contribution in [0.3, 0.4) is 0 Å². The van der Waals surface area contributed by atoms with Crippen LogP contribution in [0.25, 0.3) is 0 Å². The molecule has 1 saturated carbocycles. The summed E-state index contributed by atoms with van der Waals surface area (Å²) in [5.41, 5.74) is 1.45. The lowest BCUT2D eigenvalue weighted by Crippen LogP contribution is -2.33. The van der Waals surface area contributed by atoms with Crippen molar-refractivity contribution in [1.82, 2.24) is 20.1 Å². The van der Waals surface area contributed by atoms with Crippen LogP contribution in [0.15, 0.2) is 30.3 Å². The van der Waals surface area contributed by atoms with Gasteiger partial charge in [0.25, 0.3) is 0 Å². The second kappa shape index (κ2) is 7.05. The predicted octanol–water partition coefficient (Wildman–Crippen LogP) is 3.11. The minimum absolute atomic E-state index is 0.600. The molecule has 22 heavy (non-hydrogen) atoms. The van der Waals surface area contributed by atoms with Crippen molar-refractivity contribution in [3.8, 4) is 0 Å². The Balaban J connectivity index is 1.59. The highest BCUT2D eigenvalue weighted by Crippen LogP contribution is 2.29. The van der Waals surface area contributed by atoms with E-state index in [1.54, 1.807) is 0 Å². The average Bonchev–Trinajstić information content (AvgIpc) is 3.12. The highest BCUT2D eigenvalue weighted by Gasteiger charge is 2.27. The van der Waals surface area contributed by atoms with E-state index in [1.165, 1.54) is 31.2 Å². The summed E-state index contributed by atoms with van der Waals surface area (Å²) in [7, 11) is 0. The number of hydrogen-bond donors (Lipinski definition) is 1. The summed E-state index contributed by atoms with van der Waals surface area (Å²) in [5, 5.41) is 12.2. The van der Waals surface area contributed by atoms with Gasteiger partial charge in [-0.3, -0.25) is 0 Å². The Bertz CT molecular complexity index is 590. The van der Waals surface area contributed by atoms with Gasteiger partial charge in [-0.05, 0) is 44.6 Å². The van der Waals surface area contributed by atoms with Crippen molar-refractivity contribution >= 4 is 0 Å². The molecule has 0 bridgehead atoms. The van der Waals surface area contributed by atoms with Gasteiger partial charge >= 0.3 is 0 Å². The van der Waals surface area contributed by atoms with Gasteiger partial charge in [0.2, 0.25) is 0 Å². The first kappa shape index (κ1) is 15.2. The average molecular weight is 298 g/mol. The third kappa shape index (κ3) is 3.38. The van der Waals surface area contributed by atoms with Crippen LogP contribution in [-0.4, -0.2) is 20.8 Å². The fourth-order valence-electron chi connectivity index (χ4n) is 3.66. The smallest absolute Gasteiger partial charge is 0.146 e. The Morgan fingerprint density at radius 2 is 2.00 bits per heavy atom. The molecular formula is C18H26N4. The van der Waals surface area contributed by atoms with Crippen molar-refractivity contribution < 1.29 is 0 Å². The number of nitrogens with zero attached hydrogens (tertiary/aromatic N) is 3. The highest BCUT2D eigenvalue weighted by molar-refractivity contribution is 5.16. The molecule has 0 spiro atoms. The van der Waals surface area contributed by atoms with Crippen molar-refractivity contribution in [3.05, 3.63) is 47.5 Å². The number of nitrogens with one attached hydrogen (secondary N) is 1. The molecule has 0 radical (unpaired) electrons. The van der Waals surface area contributed by atoms with E-state index in [-0.39, 0.29) is 0 Å². The Morgan fingerprint density at radius 1 is 1.18 bits per heavy atom. The van der Waals surface area contributed by atoms with E-state index in [1.807, 2.05) is 6.92 Å². The van der Waals surface area contributed by atoms with Crippen molar-refractivity contribution in [2.24, 2.45) is 5.92 Å². The van der Waals surface area contributed by atoms with Gasteiger partial charge in [0.1, 0.15) is 11.6 Å². The summed E-state index contributed by atoms with van der Waals surface area (Å²) >= 11 is 0. The first-order valence-electron chi connectivity index (χ1n) is 8.44. The molecule has 1 aromatic carbocycles. The molecule has 2 aromatic rings. The van der Waals surface area contributed by atoms with Gasteiger partial charge in [-0.25, -0.2) is 0 Å². The number of hydrogen-bond acceptors (Lipinski definition) is 3. The van der Waals surface area contributed by atoms with Crippen LogP contribution < -0.4 is 5.32 Å². The minimum Gasteiger partial charge on any atom is -0.314 e. The molecule has 0 saturated heterocycles. The second-order valence-electron chi connectivity index (χ2n) is 6.28. The standard InChI is InChI=1S/C18H26N4/c1-3-22-14(2)20-21-18(22)13-19-17-11-7-10-16(17)12-15-8-5-4-6-9-15/h4-6,8-9,16-17,19H,3,7,10-13H2,1-2H3. The third-order valence-corrected chi connectivity index (χ3v) is 4.85. The zero-order valence-corrected chi connectivity index (χ0v) is 13.6. The van der Waals surface area contributed by atoms with Crippen molar-refractivity contribution in [3.63, 3.8) is 0 Å². The lowest BCUT2D eigenvalue weighted by molar-refractivity contribution is 0.389. The summed E-state index contributed by atoms with van der Waals surface area (Å²) in [5.74, 6) is 2.80. The van der Waals surface area contributed by atoms with Crippen molar-refractivity contribution in [1.29, 1.82) is 0 Å². The predicted molar refractivity (Wildman–Crippen MR) is 88.5 cm³/mol. The molecular weight excluding hydrogens is 272 g/mol. The van der Waals surface area contributed by atoms with E-state index < -0.39 is 0 Å². The summed E-state index contributed by atoms with van der Waals surface area (Å²) < 4.78 is 2.19. The fourth-order valence-corrected chi connectivity index (χ4v) is 3.66. The second-order valence-corrected chi connectivity index (χ2v) is 6.28. The van der Waals surface area contributed by atoms with E-state index in [9.17, 15) is 0 Å². The van der Waals surface area contributed by atoms with Crippen LogP contribution >= 0.6 is 0 Å². The molecule has 118 valence electrons. The highest BCUT2D eigenvalue weighted by atomic mass is 15.3. The Labute approximate surface area is 133 Å². The van der Waals surface area contributed by atoms with Gasteiger partial charge in [-0.2, -0.15) is 0 Å². The van der Waals surface area contributed by atoms with Gasteiger partial charge in [0.05, 0.1) is 6.54 Å². The summed E-state index contributed by atoms with van der Waals surface area (Å²) in [6.45, 7) is 5.93. The van der Waals surface area contributed by atoms with Crippen LogP contribution in [0, 0.1) is 12.8 Å². The molecule has 1 fully saturated rings. The number of aromatic nitrogens is 3. The normalized spacial score (nSPS) is 21.4. The van der Waals surface area contributed by atoms with Crippen LogP contribution in [0.1, 0.15) is 43.4 Å². The Morgan fingerprint density at radius 3 is 2.77 bits per heavy atom. The van der Waals surface area contributed by atoms with Crippen LogP contribution in [0.2, 0.25) is 0 Å². The molecule has 4 heteroatoms. The number of rotatable bonds is 6. The Hall–Kier alpha value is -1.68. The molecule has 1 aromatic heterocycles. The van der Waals surface area contributed by atoms with Gasteiger partial charge in [0, 0.05) is 12.6 Å². The van der Waals surface area contributed by atoms with E-state index in [4.69, 9.17) is 0 Å². The molecule has 3 rings (SSSR count). The monoisotopic (exact) mass is 298 g/mol. The summed E-state index contributed by atoms with van der Waals surface area (Å²) in [6.07, 6.45) is 5.11. The van der Waals surface area contributed by atoms with E-state index in [0.29, 0.717) is 6.04 Å². The zero-order valence-electron chi connectivity index (χ0n) is 13.6. The number of aryl methyl sites for hydroxylation is 1. The maximum Gasteiger partial charge on any atom is 0.146 e. The summed E-state index contributed by atoms with van der Waals surface area (Å²) in [4.78, 5) is 0. The molecule has 0 aliphatic heterocycles. The van der Waals surface area contributed by atoms with Gasteiger partial charge < -0.3 is 9.88 Å². The maximum atomic E-state index is 4.31. The van der Waals surface area contributed by atoms with Gasteiger partial charge in [0.15, 0.2) is 0 Å². The molecule has 4 nitrogen and oxygen atoms in total. The van der Waals surface area contributed by atoms with Crippen LogP contribution in [0.5, 0.6) is 0 Å². The fraction of sp³-hybridized carbons (Fsp3) is 0.556. The van der Waals surface area contributed by atoms with Crippen LogP contribution in [0.4, 0.5) is 0 Å². The third-order valence-electron chi connectivity index (χ3n) is 4.85. The molecule has 1 aliphatic rings. The Kier molecular flexibility index (Phi) is 4.88. The first-order valence-corrected chi connectivity index (χ1v) is 8.44. The van der Waals surface area contributed by atoms with Gasteiger partial charge in [-0.1, -0.05) is 36.8 Å². The molecule has 1 N–H and O–H groups in total. The quantitative estimate of drug-likeness (QED) is 0.891. The van der Waals surface area contributed by atoms with Crippen LogP contribution in [-0.2, 0) is 19.5 Å². The lowest BCUT2D eigenvalue weighted by Gasteiger charge is -2.21. The zero-order chi connectivity index (χ0) is 15.4. The van der Waals surface area contributed by atoms with Crippen molar-refractivity contribution in [2.75, 3.05) is 0 Å². The summed E-state index contributed by atoms with van der Waals surface area (Å²) in [6, 6.07) is 11.5. The molecule has 0 amide bonds. The maximum absolute atomic E-state index is 4.31. The molecule has 1 aliphatic carbocycles. The largest absolute Gasteiger partial charge is 0.314 e. The van der Waals surface area contributed by atoms with Crippen molar-refractivity contribution in [2.45, 2.75) is 58.7 Å². The molecule has 2 unspecified atom stereocenters. The number of benzene rings is 1. The SMILES string of the molecule is CCn1c(C)nnc1CNC1CCCC1Cc1ccccc1.